The van der Waals surface area contributed by atoms with Gasteiger partial charge >= 0.3 is 0 Å². The lowest BCUT2D eigenvalue weighted by Crippen LogP contribution is -2.19. The van der Waals surface area contributed by atoms with Gasteiger partial charge in [-0.15, -0.1) is 11.8 Å². The second-order valence-electron chi connectivity index (χ2n) is 8.86. The van der Waals surface area contributed by atoms with E-state index in [-0.39, 0.29) is 17.9 Å². The van der Waals surface area contributed by atoms with Crippen molar-refractivity contribution in [2.24, 2.45) is 23.7 Å². The minimum atomic E-state index is -0.481. The van der Waals surface area contributed by atoms with Crippen molar-refractivity contribution in [3.63, 3.8) is 0 Å². The molecule has 2 N–H and O–H groups in total. The van der Waals surface area contributed by atoms with E-state index in [0.29, 0.717) is 18.3 Å². The summed E-state index contributed by atoms with van der Waals surface area (Å²) in [6, 6.07) is 0. The van der Waals surface area contributed by atoms with Gasteiger partial charge in [0.2, 0.25) is 0 Å². The molecule has 3 nitrogen and oxygen atoms in total. The number of nitrogens with zero attached hydrogens (tertiary/aromatic N) is 1. The van der Waals surface area contributed by atoms with Crippen LogP contribution in [0.4, 0.5) is 0 Å². The Labute approximate surface area is 166 Å². The SMILES string of the molecule is CC#CC[C@@H](C)[C@H](O)/C=C/[C@@H]1[C@H]2C/C(=C/CCCCN(C)C)C[C@H]2C[C@H]1O. The van der Waals surface area contributed by atoms with Gasteiger partial charge in [0.05, 0.1) is 12.2 Å². The van der Waals surface area contributed by atoms with Crippen molar-refractivity contribution in [2.75, 3.05) is 20.6 Å². The van der Waals surface area contributed by atoms with Gasteiger partial charge in [0.1, 0.15) is 0 Å². The van der Waals surface area contributed by atoms with Crippen molar-refractivity contribution in [1.82, 2.24) is 4.90 Å². The van der Waals surface area contributed by atoms with E-state index < -0.39 is 6.10 Å². The van der Waals surface area contributed by atoms with Crippen molar-refractivity contribution in [1.29, 1.82) is 0 Å². The Morgan fingerprint density at radius 3 is 2.74 bits per heavy atom. The predicted molar refractivity (Wildman–Crippen MR) is 113 cm³/mol. The number of fused-ring (bicyclic) bond motifs is 1. The third-order valence-corrected chi connectivity index (χ3v) is 6.32. The number of rotatable bonds is 9. The van der Waals surface area contributed by atoms with Crippen LogP contribution in [0.1, 0.15) is 58.8 Å². The van der Waals surface area contributed by atoms with Crippen LogP contribution >= 0.6 is 0 Å². The minimum Gasteiger partial charge on any atom is -0.392 e. The van der Waals surface area contributed by atoms with Crippen molar-refractivity contribution >= 4 is 0 Å². The molecule has 2 saturated carbocycles. The second-order valence-corrected chi connectivity index (χ2v) is 8.86. The Hall–Kier alpha value is -1.08. The number of aliphatic hydroxyl groups excluding tert-OH is 2. The standard InChI is InChI=1S/C24H39NO2/c1-5-6-10-18(2)23(26)13-12-21-22-16-19(15-20(22)17-24(21)27)11-8-7-9-14-25(3)4/h11-13,18,20-24,26-27H,7-10,14-17H2,1-4H3/b13-12+,19-11+/t18-,20+,21-,22+,23-,24-/m1/s1. The van der Waals surface area contributed by atoms with Gasteiger partial charge in [-0.2, -0.15) is 0 Å². The summed E-state index contributed by atoms with van der Waals surface area (Å²) in [6.45, 7) is 5.02. The maximum absolute atomic E-state index is 10.5. The molecule has 3 heteroatoms. The van der Waals surface area contributed by atoms with Gasteiger partial charge in [0, 0.05) is 12.3 Å². The Kier molecular flexibility index (Phi) is 9.09. The Bertz CT molecular complexity index is 569. The van der Waals surface area contributed by atoms with Gasteiger partial charge in [-0.3, -0.25) is 0 Å². The smallest absolute Gasteiger partial charge is 0.0755 e. The largest absolute Gasteiger partial charge is 0.392 e. The summed E-state index contributed by atoms with van der Waals surface area (Å²) >= 11 is 0. The lowest BCUT2D eigenvalue weighted by Gasteiger charge is -2.19. The fraction of sp³-hybridized carbons (Fsp3) is 0.750. The van der Waals surface area contributed by atoms with Crippen molar-refractivity contribution < 1.29 is 10.2 Å². The first-order valence-electron chi connectivity index (χ1n) is 10.7. The normalized spacial score (nSPS) is 31.3. The van der Waals surface area contributed by atoms with Crippen LogP contribution in [0.3, 0.4) is 0 Å². The molecule has 0 aromatic heterocycles. The van der Waals surface area contributed by atoms with E-state index in [9.17, 15) is 10.2 Å². The van der Waals surface area contributed by atoms with Crippen molar-refractivity contribution in [2.45, 2.75) is 71.0 Å². The van der Waals surface area contributed by atoms with Crippen LogP contribution in [0.15, 0.2) is 23.8 Å². The molecular weight excluding hydrogens is 334 g/mol. The number of aliphatic hydroxyl groups is 2. The number of hydrogen-bond acceptors (Lipinski definition) is 3. The van der Waals surface area contributed by atoms with Gasteiger partial charge in [-0.1, -0.05) is 30.7 Å². The second kappa shape index (κ2) is 11.1. The molecule has 0 radical (unpaired) electrons. The molecule has 27 heavy (non-hydrogen) atoms. The summed E-state index contributed by atoms with van der Waals surface area (Å²) in [4.78, 5) is 2.25. The molecule has 2 aliphatic carbocycles. The van der Waals surface area contributed by atoms with Crippen LogP contribution in [0.5, 0.6) is 0 Å². The van der Waals surface area contributed by atoms with Gasteiger partial charge in [-0.05, 0) is 83.8 Å². The zero-order chi connectivity index (χ0) is 19.8. The van der Waals surface area contributed by atoms with Gasteiger partial charge in [0.25, 0.3) is 0 Å². The topological polar surface area (TPSA) is 43.7 Å². The Morgan fingerprint density at radius 1 is 1.26 bits per heavy atom. The highest BCUT2D eigenvalue weighted by Gasteiger charge is 2.44. The summed E-state index contributed by atoms with van der Waals surface area (Å²) in [7, 11) is 4.26. The maximum atomic E-state index is 10.5. The lowest BCUT2D eigenvalue weighted by atomic mass is 9.89. The van der Waals surface area contributed by atoms with Crippen LogP contribution in [0.25, 0.3) is 0 Å². The predicted octanol–water partition coefficient (Wildman–Crippen LogP) is 4.02. The molecule has 2 rings (SSSR count). The first-order chi connectivity index (χ1) is 12.9. The van der Waals surface area contributed by atoms with E-state index in [0.717, 1.165) is 25.8 Å². The summed E-state index contributed by atoms with van der Waals surface area (Å²) in [5.41, 5.74) is 1.59. The zero-order valence-corrected chi connectivity index (χ0v) is 17.7. The first-order valence-corrected chi connectivity index (χ1v) is 10.7. The van der Waals surface area contributed by atoms with Crippen LogP contribution in [0, 0.1) is 35.5 Å². The average molecular weight is 374 g/mol. The molecule has 0 unspecified atom stereocenters. The summed E-state index contributed by atoms with van der Waals surface area (Å²) in [5.74, 6) is 7.40. The quantitative estimate of drug-likeness (QED) is 0.364. The highest BCUT2D eigenvalue weighted by atomic mass is 16.3. The van der Waals surface area contributed by atoms with Crippen LogP contribution in [-0.2, 0) is 0 Å². The molecular formula is C24H39NO2. The minimum absolute atomic E-state index is 0.129. The summed E-state index contributed by atoms with van der Waals surface area (Å²) in [5, 5.41) is 20.8. The van der Waals surface area contributed by atoms with E-state index in [4.69, 9.17) is 0 Å². The molecule has 0 aliphatic heterocycles. The molecule has 0 heterocycles. The van der Waals surface area contributed by atoms with Crippen LogP contribution < -0.4 is 0 Å². The molecule has 2 fully saturated rings. The van der Waals surface area contributed by atoms with Crippen LogP contribution in [0.2, 0.25) is 0 Å². The van der Waals surface area contributed by atoms with Crippen LogP contribution in [-0.4, -0.2) is 48.0 Å². The van der Waals surface area contributed by atoms with E-state index >= 15 is 0 Å². The molecule has 6 atom stereocenters. The third-order valence-electron chi connectivity index (χ3n) is 6.32. The fourth-order valence-corrected chi connectivity index (χ4v) is 4.63. The molecule has 0 aromatic rings. The molecule has 152 valence electrons. The number of allylic oxidation sites excluding steroid dienone is 2. The first kappa shape index (κ1) is 22.2. The van der Waals surface area contributed by atoms with Crippen molar-refractivity contribution in [3.8, 4) is 11.8 Å². The monoisotopic (exact) mass is 373 g/mol. The molecule has 0 aromatic carbocycles. The third kappa shape index (κ3) is 6.79. The molecule has 0 amide bonds. The molecule has 2 aliphatic rings. The lowest BCUT2D eigenvalue weighted by molar-refractivity contribution is 0.137. The molecule has 0 bridgehead atoms. The number of hydrogen-bond donors (Lipinski definition) is 2. The van der Waals surface area contributed by atoms with Gasteiger partial charge in [-0.25, -0.2) is 0 Å². The fourth-order valence-electron chi connectivity index (χ4n) is 4.63. The average Bonchev–Trinajstić information content (AvgIpc) is 3.13. The zero-order valence-electron chi connectivity index (χ0n) is 17.7. The molecule has 0 saturated heterocycles. The van der Waals surface area contributed by atoms with Gasteiger partial charge in [0.15, 0.2) is 0 Å². The highest BCUT2D eigenvalue weighted by molar-refractivity contribution is 5.18. The Morgan fingerprint density at radius 2 is 2.04 bits per heavy atom. The summed E-state index contributed by atoms with van der Waals surface area (Å²) < 4.78 is 0. The van der Waals surface area contributed by atoms with E-state index in [1.807, 2.05) is 19.9 Å². The maximum Gasteiger partial charge on any atom is 0.0755 e. The molecule has 0 spiro atoms. The van der Waals surface area contributed by atoms with Gasteiger partial charge < -0.3 is 15.1 Å². The van der Waals surface area contributed by atoms with E-state index in [1.54, 1.807) is 5.57 Å². The van der Waals surface area contributed by atoms with E-state index in [2.05, 4.69) is 43.0 Å². The van der Waals surface area contributed by atoms with Crippen molar-refractivity contribution in [3.05, 3.63) is 23.8 Å². The van der Waals surface area contributed by atoms with E-state index in [1.165, 1.54) is 19.3 Å². The highest BCUT2D eigenvalue weighted by Crippen LogP contribution is 2.50. The Balaban J connectivity index is 1.85. The number of unbranched alkanes of at least 4 members (excludes halogenated alkanes) is 2. The summed E-state index contributed by atoms with van der Waals surface area (Å²) in [6.07, 6.45) is 13.3.